The summed E-state index contributed by atoms with van der Waals surface area (Å²) < 4.78 is 5.20. The lowest BCUT2D eigenvalue weighted by Gasteiger charge is -2.21. The molecule has 0 fully saturated rings. The smallest absolute Gasteiger partial charge is 0.274 e. The van der Waals surface area contributed by atoms with Crippen molar-refractivity contribution in [3.63, 3.8) is 0 Å². The van der Waals surface area contributed by atoms with E-state index in [0.717, 1.165) is 6.42 Å². The topological polar surface area (TPSA) is 84.4 Å². The molecule has 0 saturated heterocycles. The van der Waals surface area contributed by atoms with Crippen LogP contribution in [0.4, 0.5) is 5.69 Å². The third kappa shape index (κ3) is 4.52. The summed E-state index contributed by atoms with van der Waals surface area (Å²) in [5.74, 6) is -0.0570. The molecule has 0 aliphatic heterocycles. The van der Waals surface area contributed by atoms with Crippen LogP contribution in [-0.4, -0.2) is 46.9 Å². The van der Waals surface area contributed by atoms with Crippen LogP contribution in [0.3, 0.4) is 0 Å². The number of nitrogens with one attached hydrogen (secondary N) is 1. The third-order valence-corrected chi connectivity index (χ3v) is 3.28. The largest absolute Gasteiger partial charge is 0.495 e. The molecule has 24 heavy (non-hydrogen) atoms. The Labute approximate surface area is 140 Å². The van der Waals surface area contributed by atoms with E-state index < -0.39 is 0 Å². The zero-order valence-electron chi connectivity index (χ0n) is 13.7. The van der Waals surface area contributed by atoms with Gasteiger partial charge in [-0.15, -0.1) is 0 Å². The Kier molecular flexibility index (Phi) is 6.24. The Bertz CT molecular complexity index is 691. The molecule has 1 aromatic heterocycles. The second-order valence-electron chi connectivity index (χ2n) is 5.07. The van der Waals surface area contributed by atoms with Gasteiger partial charge in [0.1, 0.15) is 18.0 Å². The molecule has 1 heterocycles. The van der Waals surface area contributed by atoms with Gasteiger partial charge in [0.25, 0.3) is 5.91 Å². The van der Waals surface area contributed by atoms with Gasteiger partial charge >= 0.3 is 0 Å². The minimum atomic E-state index is -0.319. The molecule has 2 aromatic rings. The molecule has 0 saturated carbocycles. The number of benzene rings is 1. The van der Waals surface area contributed by atoms with Crippen LogP contribution in [0.15, 0.2) is 42.9 Å². The van der Waals surface area contributed by atoms with Gasteiger partial charge < -0.3 is 15.0 Å². The van der Waals surface area contributed by atoms with Crippen molar-refractivity contribution in [2.75, 3.05) is 25.5 Å². The number of anilines is 1. The molecule has 0 atom stereocenters. The predicted octanol–water partition coefficient (Wildman–Crippen LogP) is 1.98. The van der Waals surface area contributed by atoms with Crippen molar-refractivity contribution in [2.24, 2.45) is 0 Å². The molecule has 0 unspecified atom stereocenters. The van der Waals surface area contributed by atoms with Gasteiger partial charge in [0.05, 0.1) is 19.0 Å². The van der Waals surface area contributed by atoms with Gasteiger partial charge in [0.2, 0.25) is 5.91 Å². The van der Waals surface area contributed by atoms with Gasteiger partial charge in [-0.2, -0.15) is 0 Å². The van der Waals surface area contributed by atoms with E-state index in [1.54, 1.807) is 18.2 Å². The molecule has 1 aromatic carbocycles. The van der Waals surface area contributed by atoms with E-state index in [0.29, 0.717) is 18.0 Å². The first-order valence-corrected chi connectivity index (χ1v) is 7.63. The number of nitrogens with zero attached hydrogens (tertiary/aromatic N) is 3. The van der Waals surface area contributed by atoms with Crippen molar-refractivity contribution < 1.29 is 14.3 Å². The van der Waals surface area contributed by atoms with Crippen LogP contribution in [0.5, 0.6) is 5.75 Å². The van der Waals surface area contributed by atoms with Crippen LogP contribution in [-0.2, 0) is 4.79 Å². The molecule has 7 nitrogen and oxygen atoms in total. The number of hydrogen-bond donors (Lipinski definition) is 1. The maximum atomic E-state index is 12.5. The van der Waals surface area contributed by atoms with Crippen LogP contribution in [0.1, 0.15) is 23.8 Å². The molecule has 0 radical (unpaired) electrons. The first kappa shape index (κ1) is 17.4. The summed E-state index contributed by atoms with van der Waals surface area (Å²) in [4.78, 5) is 34.1. The van der Waals surface area contributed by atoms with Crippen molar-refractivity contribution in [3.8, 4) is 5.75 Å². The normalized spacial score (nSPS) is 10.1. The van der Waals surface area contributed by atoms with Crippen molar-refractivity contribution >= 4 is 17.5 Å². The summed E-state index contributed by atoms with van der Waals surface area (Å²) in [5, 5.41) is 2.76. The van der Waals surface area contributed by atoms with Crippen LogP contribution in [0, 0.1) is 0 Å². The van der Waals surface area contributed by atoms with Gasteiger partial charge in [-0.1, -0.05) is 19.1 Å². The summed E-state index contributed by atoms with van der Waals surface area (Å²) in [6.45, 7) is 2.32. The zero-order valence-corrected chi connectivity index (χ0v) is 13.7. The van der Waals surface area contributed by atoms with Crippen LogP contribution in [0.25, 0.3) is 0 Å². The minimum Gasteiger partial charge on any atom is -0.495 e. The number of hydrogen-bond acceptors (Lipinski definition) is 5. The van der Waals surface area contributed by atoms with E-state index in [1.807, 2.05) is 13.0 Å². The van der Waals surface area contributed by atoms with Gasteiger partial charge in [0, 0.05) is 18.9 Å². The van der Waals surface area contributed by atoms with E-state index in [2.05, 4.69) is 15.3 Å². The van der Waals surface area contributed by atoms with Crippen molar-refractivity contribution in [1.82, 2.24) is 14.9 Å². The molecule has 1 N–H and O–H groups in total. The number of methoxy groups -OCH3 is 1. The monoisotopic (exact) mass is 328 g/mol. The number of rotatable bonds is 7. The number of carbonyl (C=O) groups excluding carboxylic acids is 2. The third-order valence-electron chi connectivity index (χ3n) is 3.28. The fourth-order valence-corrected chi connectivity index (χ4v) is 2.20. The summed E-state index contributed by atoms with van der Waals surface area (Å²) in [6.07, 6.45) is 5.07. The van der Waals surface area contributed by atoms with Gasteiger partial charge in [0.15, 0.2) is 0 Å². The lowest BCUT2D eigenvalue weighted by Crippen LogP contribution is -2.39. The van der Waals surface area contributed by atoms with E-state index in [9.17, 15) is 9.59 Å². The second kappa shape index (κ2) is 8.61. The Balaban J connectivity index is 2.07. The highest BCUT2D eigenvalue weighted by atomic mass is 16.5. The molecule has 0 spiro atoms. The maximum Gasteiger partial charge on any atom is 0.274 e. The van der Waals surface area contributed by atoms with Gasteiger partial charge in [-0.3, -0.25) is 14.6 Å². The van der Waals surface area contributed by atoms with Crippen molar-refractivity contribution in [2.45, 2.75) is 13.3 Å². The SMILES string of the molecule is CCCN(CC(=O)Nc1ccccc1OC)C(=O)c1cnccn1. The minimum absolute atomic E-state index is 0.0682. The maximum absolute atomic E-state index is 12.5. The van der Waals surface area contributed by atoms with Gasteiger partial charge in [-0.25, -0.2) is 4.98 Å². The number of amides is 2. The summed E-state index contributed by atoms with van der Waals surface area (Å²) in [6, 6.07) is 7.11. The number of ether oxygens (including phenoxy) is 1. The molecule has 2 rings (SSSR count). The Morgan fingerprint density at radius 3 is 2.71 bits per heavy atom. The van der Waals surface area contributed by atoms with Crippen LogP contribution in [0.2, 0.25) is 0 Å². The lowest BCUT2D eigenvalue weighted by atomic mass is 10.3. The quantitative estimate of drug-likeness (QED) is 0.840. The molecule has 0 bridgehead atoms. The highest BCUT2D eigenvalue weighted by molar-refractivity contribution is 5.98. The molecular formula is C17H20N4O3. The summed E-state index contributed by atoms with van der Waals surface area (Å²) in [5.41, 5.74) is 0.782. The van der Waals surface area contributed by atoms with Crippen LogP contribution >= 0.6 is 0 Å². The van der Waals surface area contributed by atoms with Crippen molar-refractivity contribution in [3.05, 3.63) is 48.5 Å². The average Bonchev–Trinajstić information content (AvgIpc) is 2.62. The van der Waals surface area contributed by atoms with E-state index in [4.69, 9.17) is 4.74 Å². The predicted molar refractivity (Wildman–Crippen MR) is 89.9 cm³/mol. The summed E-state index contributed by atoms with van der Waals surface area (Å²) >= 11 is 0. The average molecular weight is 328 g/mol. The molecule has 126 valence electrons. The molecule has 7 heteroatoms. The Morgan fingerprint density at radius 1 is 1.25 bits per heavy atom. The highest BCUT2D eigenvalue weighted by Crippen LogP contribution is 2.22. The number of para-hydroxylation sites is 2. The van der Waals surface area contributed by atoms with Crippen molar-refractivity contribution in [1.29, 1.82) is 0 Å². The van der Waals surface area contributed by atoms with E-state index in [1.165, 1.54) is 30.6 Å². The molecule has 0 aliphatic rings. The highest BCUT2D eigenvalue weighted by Gasteiger charge is 2.20. The fourth-order valence-electron chi connectivity index (χ4n) is 2.20. The lowest BCUT2D eigenvalue weighted by molar-refractivity contribution is -0.116. The Morgan fingerprint density at radius 2 is 2.04 bits per heavy atom. The second-order valence-corrected chi connectivity index (χ2v) is 5.07. The van der Waals surface area contributed by atoms with Gasteiger partial charge in [-0.05, 0) is 18.6 Å². The standard InChI is InChI=1S/C17H20N4O3/c1-3-10-21(17(23)14-11-18-8-9-19-14)12-16(22)20-13-6-4-5-7-15(13)24-2/h4-9,11H,3,10,12H2,1-2H3,(H,20,22). The zero-order chi connectivity index (χ0) is 17.4. The first-order chi connectivity index (χ1) is 11.7. The molecule has 0 aliphatic carbocycles. The summed E-state index contributed by atoms with van der Waals surface area (Å²) in [7, 11) is 1.53. The number of carbonyl (C=O) groups is 2. The first-order valence-electron chi connectivity index (χ1n) is 7.63. The van der Waals surface area contributed by atoms with E-state index >= 15 is 0 Å². The Hall–Kier alpha value is -2.96. The molecule has 2 amide bonds. The fraction of sp³-hybridized carbons (Fsp3) is 0.294. The number of aromatic nitrogens is 2. The van der Waals surface area contributed by atoms with E-state index in [-0.39, 0.29) is 24.1 Å². The van der Waals surface area contributed by atoms with Crippen LogP contribution < -0.4 is 10.1 Å². The molecular weight excluding hydrogens is 308 g/mol.